The molecular formula is C11H9F3N2O2. The van der Waals surface area contributed by atoms with Gasteiger partial charge in [0, 0.05) is 18.3 Å². The van der Waals surface area contributed by atoms with Gasteiger partial charge in [0.2, 0.25) is 5.91 Å². The Morgan fingerprint density at radius 3 is 2.56 bits per heavy atom. The summed E-state index contributed by atoms with van der Waals surface area (Å²) in [5.41, 5.74) is -1.74. The molecule has 1 aromatic rings. The number of imide groups is 1. The molecule has 1 fully saturated rings. The van der Waals surface area contributed by atoms with Gasteiger partial charge in [-0.1, -0.05) is 0 Å². The third kappa shape index (κ3) is 2.66. The minimum Gasteiger partial charge on any atom is -0.292 e. The molecule has 1 heterocycles. The number of amides is 2. The molecule has 0 aromatic carbocycles. The molecule has 0 spiro atoms. The van der Waals surface area contributed by atoms with Crippen LogP contribution in [0.2, 0.25) is 0 Å². The minimum absolute atomic E-state index is 0.250. The highest BCUT2D eigenvalue weighted by Gasteiger charge is 2.36. The van der Waals surface area contributed by atoms with Crippen LogP contribution in [0.1, 0.15) is 28.8 Å². The van der Waals surface area contributed by atoms with E-state index in [9.17, 15) is 22.8 Å². The number of nitrogens with zero attached hydrogens (tertiary/aromatic N) is 1. The van der Waals surface area contributed by atoms with E-state index in [-0.39, 0.29) is 5.92 Å². The number of nitrogens with one attached hydrogen (secondary N) is 1. The van der Waals surface area contributed by atoms with Crippen LogP contribution in [0, 0.1) is 5.92 Å². The molecular weight excluding hydrogens is 249 g/mol. The number of carbonyl (C=O) groups is 2. The number of alkyl halides is 3. The van der Waals surface area contributed by atoms with Crippen molar-refractivity contribution in [2.75, 3.05) is 0 Å². The van der Waals surface area contributed by atoms with Crippen LogP contribution in [0.5, 0.6) is 0 Å². The topological polar surface area (TPSA) is 59.1 Å². The fraction of sp³-hybridized carbons (Fsp3) is 0.364. The first-order valence-corrected chi connectivity index (χ1v) is 5.26. The van der Waals surface area contributed by atoms with Crippen LogP contribution in [-0.4, -0.2) is 16.8 Å². The molecule has 0 radical (unpaired) electrons. The molecule has 0 aliphatic heterocycles. The molecule has 0 saturated heterocycles. The van der Waals surface area contributed by atoms with E-state index < -0.39 is 29.1 Å². The van der Waals surface area contributed by atoms with Crippen LogP contribution in [0.25, 0.3) is 0 Å². The molecule has 2 rings (SSSR count). The van der Waals surface area contributed by atoms with Gasteiger partial charge in [-0.05, 0) is 18.9 Å². The van der Waals surface area contributed by atoms with Gasteiger partial charge >= 0.3 is 6.18 Å². The maximum atomic E-state index is 12.6. The summed E-state index contributed by atoms with van der Waals surface area (Å²) in [6.07, 6.45) is -1.57. The zero-order valence-electron chi connectivity index (χ0n) is 9.12. The number of carbonyl (C=O) groups excluding carboxylic acids is 2. The zero-order valence-corrected chi connectivity index (χ0v) is 9.12. The number of hydrogen-bond donors (Lipinski definition) is 1. The Bertz CT molecular complexity index is 495. The first kappa shape index (κ1) is 12.5. The second-order valence-corrected chi connectivity index (χ2v) is 4.01. The Labute approximate surface area is 100 Å². The van der Waals surface area contributed by atoms with Gasteiger partial charge in [-0.15, -0.1) is 0 Å². The van der Waals surface area contributed by atoms with Gasteiger partial charge in [0.15, 0.2) is 0 Å². The van der Waals surface area contributed by atoms with E-state index >= 15 is 0 Å². The summed E-state index contributed by atoms with van der Waals surface area (Å²) in [6, 6.07) is 0.705. The van der Waals surface area contributed by atoms with Crippen LogP contribution >= 0.6 is 0 Å². The lowest BCUT2D eigenvalue weighted by Crippen LogP contribution is -2.33. The highest BCUT2D eigenvalue weighted by molar-refractivity contribution is 6.06. The van der Waals surface area contributed by atoms with Gasteiger partial charge in [-0.3, -0.25) is 19.9 Å². The number of hydrogen-bond acceptors (Lipinski definition) is 3. The fourth-order valence-corrected chi connectivity index (χ4v) is 1.45. The maximum Gasteiger partial charge on any atom is 0.417 e. The summed E-state index contributed by atoms with van der Waals surface area (Å²) in [7, 11) is 0. The molecule has 0 bridgehead atoms. The number of rotatable bonds is 2. The molecule has 1 saturated carbocycles. The number of pyridine rings is 1. The summed E-state index contributed by atoms with van der Waals surface area (Å²) < 4.78 is 37.9. The highest BCUT2D eigenvalue weighted by atomic mass is 19.4. The van der Waals surface area contributed by atoms with E-state index in [1.54, 1.807) is 0 Å². The quantitative estimate of drug-likeness (QED) is 0.822. The van der Waals surface area contributed by atoms with Crippen molar-refractivity contribution in [3.63, 3.8) is 0 Å². The van der Waals surface area contributed by atoms with Crippen molar-refractivity contribution in [3.8, 4) is 0 Å². The smallest absolute Gasteiger partial charge is 0.292 e. The summed E-state index contributed by atoms with van der Waals surface area (Å²) in [4.78, 5) is 26.4. The summed E-state index contributed by atoms with van der Waals surface area (Å²) in [5, 5.41) is 1.95. The van der Waals surface area contributed by atoms with Crippen molar-refractivity contribution in [1.82, 2.24) is 10.3 Å². The van der Waals surface area contributed by atoms with Gasteiger partial charge in [0.1, 0.15) is 0 Å². The third-order valence-corrected chi connectivity index (χ3v) is 2.56. The standard InChI is InChI=1S/C11H9F3N2O2/c12-11(13,14)8-3-4-15-5-7(8)10(18)16-9(17)6-1-2-6/h3-6H,1-2H2,(H,16,17,18). The largest absolute Gasteiger partial charge is 0.417 e. The Balaban J connectivity index is 2.21. The van der Waals surface area contributed by atoms with Crippen molar-refractivity contribution < 1.29 is 22.8 Å². The van der Waals surface area contributed by atoms with Crippen LogP contribution in [0.15, 0.2) is 18.5 Å². The van der Waals surface area contributed by atoms with Gasteiger partial charge in [-0.2, -0.15) is 13.2 Å². The van der Waals surface area contributed by atoms with E-state index in [4.69, 9.17) is 0 Å². The van der Waals surface area contributed by atoms with Crippen molar-refractivity contribution >= 4 is 11.8 Å². The predicted octanol–water partition coefficient (Wildman–Crippen LogP) is 1.77. The Morgan fingerprint density at radius 1 is 1.33 bits per heavy atom. The molecule has 18 heavy (non-hydrogen) atoms. The zero-order chi connectivity index (χ0) is 13.3. The average Bonchev–Trinajstić information content (AvgIpc) is 3.11. The lowest BCUT2D eigenvalue weighted by atomic mass is 10.1. The molecule has 1 aromatic heterocycles. The second-order valence-electron chi connectivity index (χ2n) is 4.01. The summed E-state index contributed by atoms with van der Waals surface area (Å²) in [6.45, 7) is 0. The molecule has 2 amide bonds. The number of halogens is 3. The molecule has 1 aliphatic carbocycles. The third-order valence-electron chi connectivity index (χ3n) is 2.56. The number of aromatic nitrogens is 1. The van der Waals surface area contributed by atoms with Crippen molar-refractivity contribution in [1.29, 1.82) is 0 Å². The van der Waals surface area contributed by atoms with E-state index in [1.165, 1.54) is 0 Å². The highest BCUT2D eigenvalue weighted by Crippen LogP contribution is 2.32. The van der Waals surface area contributed by atoms with Crippen LogP contribution in [-0.2, 0) is 11.0 Å². The monoisotopic (exact) mass is 258 g/mol. The molecule has 96 valence electrons. The van der Waals surface area contributed by atoms with Crippen molar-refractivity contribution in [3.05, 3.63) is 29.6 Å². The van der Waals surface area contributed by atoms with E-state index in [0.29, 0.717) is 18.9 Å². The lowest BCUT2D eigenvalue weighted by molar-refractivity contribution is -0.138. The summed E-state index contributed by atoms with van der Waals surface area (Å²) >= 11 is 0. The van der Waals surface area contributed by atoms with E-state index in [2.05, 4.69) is 4.98 Å². The van der Waals surface area contributed by atoms with Crippen LogP contribution in [0.3, 0.4) is 0 Å². The van der Waals surface area contributed by atoms with Crippen LogP contribution in [0.4, 0.5) is 13.2 Å². The summed E-state index contributed by atoms with van der Waals surface area (Å²) in [5.74, 6) is -1.84. The maximum absolute atomic E-state index is 12.6. The SMILES string of the molecule is O=C(NC(=O)C1CC1)c1cnccc1C(F)(F)F. The van der Waals surface area contributed by atoms with Crippen LogP contribution < -0.4 is 5.32 Å². The van der Waals surface area contributed by atoms with Gasteiger partial charge < -0.3 is 0 Å². The van der Waals surface area contributed by atoms with Crippen molar-refractivity contribution in [2.45, 2.75) is 19.0 Å². The lowest BCUT2D eigenvalue weighted by Gasteiger charge is -2.11. The van der Waals surface area contributed by atoms with Gasteiger partial charge in [0.05, 0.1) is 11.1 Å². The van der Waals surface area contributed by atoms with Gasteiger partial charge in [-0.25, -0.2) is 0 Å². The van der Waals surface area contributed by atoms with Gasteiger partial charge in [0.25, 0.3) is 5.91 Å². The second kappa shape index (κ2) is 4.40. The molecule has 0 unspecified atom stereocenters. The molecule has 7 heteroatoms. The molecule has 1 N–H and O–H groups in total. The predicted molar refractivity (Wildman–Crippen MR) is 54.4 cm³/mol. The molecule has 0 atom stereocenters. The Hall–Kier alpha value is -1.92. The fourth-order valence-electron chi connectivity index (χ4n) is 1.45. The Morgan fingerprint density at radius 2 is 2.00 bits per heavy atom. The first-order chi connectivity index (χ1) is 8.39. The first-order valence-electron chi connectivity index (χ1n) is 5.26. The molecule has 4 nitrogen and oxygen atoms in total. The van der Waals surface area contributed by atoms with E-state index in [0.717, 1.165) is 12.4 Å². The molecule has 1 aliphatic rings. The minimum atomic E-state index is -4.65. The van der Waals surface area contributed by atoms with E-state index in [1.807, 2.05) is 5.32 Å². The Kier molecular flexibility index (Phi) is 3.06. The van der Waals surface area contributed by atoms with Crippen molar-refractivity contribution in [2.24, 2.45) is 5.92 Å². The average molecular weight is 258 g/mol. The normalized spacial score (nSPS) is 15.3.